The number of carbonyl (C=O) groups is 3. The molecule has 0 aliphatic heterocycles. The first-order chi connectivity index (χ1) is 13.3. The third-order valence-corrected chi connectivity index (χ3v) is 4.95. The lowest BCUT2D eigenvalue weighted by atomic mass is 9.86. The molecule has 2 atom stereocenters. The van der Waals surface area contributed by atoms with E-state index in [4.69, 9.17) is 9.47 Å². The van der Waals surface area contributed by atoms with Gasteiger partial charge in [-0.05, 0) is 42.4 Å². The monoisotopic (exact) mass is 390 g/mol. The molecule has 7 heteroatoms. The van der Waals surface area contributed by atoms with E-state index >= 15 is 0 Å². The Kier molecular flexibility index (Phi) is 8.29. The molecule has 1 aliphatic carbocycles. The van der Waals surface area contributed by atoms with Gasteiger partial charge in [-0.2, -0.15) is 0 Å². The zero-order valence-electron chi connectivity index (χ0n) is 16.8. The predicted octanol–water partition coefficient (Wildman–Crippen LogP) is 3.14. The van der Waals surface area contributed by atoms with Crippen molar-refractivity contribution in [2.75, 3.05) is 13.2 Å². The van der Waals surface area contributed by atoms with E-state index < -0.39 is 24.5 Å². The van der Waals surface area contributed by atoms with E-state index in [1.165, 1.54) is 12.0 Å². The van der Waals surface area contributed by atoms with Crippen molar-refractivity contribution >= 4 is 17.9 Å². The van der Waals surface area contributed by atoms with E-state index in [0.717, 1.165) is 19.3 Å². The summed E-state index contributed by atoms with van der Waals surface area (Å²) in [5.74, 6) is 0.00186. The van der Waals surface area contributed by atoms with Crippen LogP contribution in [-0.4, -0.2) is 37.2 Å². The summed E-state index contributed by atoms with van der Waals surface area (Å²) in [6, 6.07) is 6.95. The fourth-order valence-corrected chi connectivity index (χ4v) is 3.18. The largest absolute Gasteiger partial charge is 0.482 e. The van der Waals surface area contributed by atoms with Crippen LogP contribution in [0.3, 0.4) is 0 Å². The quantitative estimate of drug-likeness (QED) is 0.698. The first kappa shape index (κ1) is 21.7. The number of nitrogens with one attached hydrogen (secondary N) is 2. The van der Waals surface area contributed by atoms with Gasteiger partial charge in [-0.15, -0.1) is 0 Å². The molecule has 0 heterocycles. The fourth-order valence-electron chi connectivity index (χ4n) is 3.18. The number of hydrogen-bond donors (Lipinski definition) is 2. The smallest absolute Gasteiger partial charge is 0.344 e. The summed E-state index contributed by atoms with van der Waals surface area (Å²) in [4.78, 5) is 35.4. The van der Waals surface area contributed by atoms with Crippen molar-refractivity contribution < 1.29 is 23.9 Å². The standard InChI is InChI=1S/C21H30N2O5/c1-14(2)16-8-10-17(11-9-16)27-13-20(25)28-12-19(24)23-21(26)22-18-7-5-4-6-15(18)3/h8-11,14-15,18H,4-7,12-13H2,1-3H3,(H2,22,23,24,26)/t15-,18-/m0/s1. The molecule has 0 bridgehead atoms. The number of carbonyl (C=O) groups excluding carboxylic acids is 3. The van der Waals surface area contributed by atoms with Gasteiger partial charge in [-0.1, -0.05) is 45.7 Å². The summed E-state index contributed by atoms with van der Waals surface area (Å²) in [6.07, 6.45) is 4.21. The second-order valence-electron chi connectivity index (χ2n) is 7.56. The van der Waals surface area contributed by atoms with Crippen LogP contribution in [-0.2, 0) is 14.3 Å². The molecule has 0 spiro atoms. The maximum atomic E-state index is 11.9. The average molecular weight is 390 g/mol. The number of imide groups is 1. The van der Waals surface area contributed by atoms with Crippen LogP contribution in [0.15, 0.2) is 24.3 Å². The summed E-state index contributed by atoms with van der Waals surface area (Å²) in [5.41, 5.74) is 1.17. The van der Waals surface area contributed by atoms with Gasteiger partial charge in [0.2, 0.25) is 0 Å². The summed E-state index contributed by atoms with van der Waals surface area (Å²) in [6.45, 7) is 5.44. The molecule has 2 rings (SSSR count). The van der Waals surface area contributed by atoms with Crippen molar-refractivity contribution in [2.24, 2.45) is 5.92 Å². The van der Waals surface area contributed by atoms with Crippen LogP contribution in [0.5, 0.6) is 5.75 Å². The fraction of sp³-hybridized carbons (Fsp3) is 0.571. The van der Waals surface area contributed by atoms with Crippen molar-refractivity contribution in [1.29, 1.82) is 0 Å². The van der Waals surface area contributed by atoms with Crippen LogP contribution in [0.2, 0.25) is 0 Å². The Morgan fingerprint density at radius 2 is 1.75 bits per heavy atom. The molecule has 0 saturated heterocycles. The number of ether oxygens (including phenoxy) is 2. The molecule has 0 aromatic heterocycles. The van der Waals surface area contributed by atoms with Gasteiger partial charge in [-0.25, -0.2) is 9.59 Å². The molecule has 28 heavy (non-hydrogen) atoms. The SMILES string of the molecule is CC(C)c1ccc(OCC(=O)OCC(=O)NC(=O)N[C@H]2CCCC[C@@H]2C)cc1. The van der Waals surface area contributed by atoms with Crippen LogP contribution in [0.4, 0.5) is 4.79 Å². The normalized spacial score (nSPS) is 19.0. The van der Waals surface area contributed by atoms with E-state index in [-0.39, 0.29) is 12.6 Å². The lowest BCUT2D eigenvalue weighted by molar-refractivity contribution is -0.150. The summed E-state index contributed by atoms with van der Waals surface area (Å²) in [5, 5.41) is 5.00. The third kappa shape index (κ3) is 7.21. The van der Waals surface area contributed by atoms with Crippen LogP contribution in [0, 0.1) is 5.92 Å². The first-order valence-corrected chi connectivity index (χ1v) is 9.84. The molecule has 1 aromatic carbocycles. The molecule has 1 aliphatic rings. The Labute approximate surface area is 166 Å². The summed E-state index contributed by atoms with van der Waals surface area (Å²) < 4.78 is 10.2. The van der Waals surface area contributed by atoms with Gasteiger partial charge in [0.05, 0.1) is 0 Å². The highest BCUT2D eigenvalue weighted by Crippen LogP contribution is 2.23. The molecular formula is C21H30N2O5. The van der Waals surface area contributed by atoms with E-state index in [0.29, 0.717) is 17.6 Å². The average Bonchev–Trinajstić information content (AvgIpc) is 2.66. The Morgan fingerprint density at radius 3 is 2.39 bits per heavy atom. The Morgan fingerprint density at radius 1 is 1.07 bits per heavy atom. The zero-order valence-corrected chi connectivity index (χ0v) is 16.8. The van der Waals surface area contributed by atoms with Crippen LogP contribution < -0.4 is 15.4 Å². The number of rotatable bonds is 7. The summed E-state index contributed by atoms with van der Waals surface area (Å²) in [7, 11) is 0. The lowest BCUT2D eigenvalue weighted by Crippen LogP contribution is -2.48. The number of urea groups is 1. The van der Waals surface area contributed by atoms with Gasteiger partial charge < -0.3 is 14.8 Å². The number of amides is 3. The number of benzene rings is 1. The molecular weight excluding hydrogens is 360 g/mol. The van der Waals surface area contributed by atoms with Crippen LogP contribution in [0.25, 0.3) is 0 Å². The second kappa shape index (κ2) is 10.7. The molecule has 1 fully saturated rings. The van der Waals surface area contributed by atoms with Gasteiger partial charge in [0.1, 0.15) is 5.75 Å². The van der Waals surface area contributed by atoms with Crippen LogP contribution >= 0.6 is 0 Å². The molecule has 1 saturated carbocycles. The molecule has 1 aromatic rings. The van der Waals surface area contributed by atoms with E-state index in [2.05, 4.69) is 31.4 Å². The van der Waals surface area contributed by atoms with Gasteiger partial charge >= 0.3 is 12.0 Å². The molecule has 0 unspecified atom stereocenters. The highest BCUT2D eigenvalue weighted by Gasteiger charge is 2.23. The molecule has 2 N–H and O–H groups in total. The van der Waals surface area contributed by atoms with Crippen molar-refractivity contribution in [1.82, 2.24) is 10.6 Å². The van der Waals surface area contributed by atoms with E-state index in [1.54, 1.807) is 12.1 Å². The molecule has 3 amide bonds. The van der Waals surface area contributed by atoms with Crippen molar-refractivity contribution in [3.8, 4) is 5.75 Å². The topological polar surface area (TPSA) is 93.7 Å². The molecule has 154 valence electrons. The van der Waals surface area contributed by atoms with Gasteiger partial charge in [0.25, 0.3) is 5.91 Å². The minimum atomic E-state index is -0.676. The zero-order chi connectivity index (χ0) is 20.5. The maximum absolute atomic E-state index is 11.9. The van der Waals surface area contributed by atoms with Crippen molar-refractivity contribution in [2.45, 2.75) is 58.4 Å². The predicted molar refractivity (Wildman–Crippen MR) is 105 cm³/mol. The lowest BCUT2D eigenvalue weighted by Gasteiger charge is -2.29. The van der Waals surface area contributed by atoms with E-state index in [1.807, 2.05) is 12.1 Å². The molecule has 0 radical (unpaired) electrons. The highest BCUT2D eigenvalue weighted by molar-refractivity contribution is 5.95. The highest BCUT2D eigenvalue weighted by atomic mass is 16.6. The van der Waals surface area contributed by atoms with E-state index in [9.17, 15) is 14.4 Å². The third-order valence-electron chi connectivity index (χ3n) is 4.95. The van der Waals surface area contributed by atoms with Crippen molar-refractivity contribution in [3.05, 3.63) is 29.8 Å². The summed E-state index contributed by atoms with van der Waals surface area (Å²) >= 11 is 0. The van der Waals surface area contributed by atoms with Gasteiger partial charge in [0, 0.05) is 6.04 Å². The van der Waals surface area contributed by atoms with Crippen molar-refractivity contribution in [3.63, 3.8) is 0 Å². The van der Waals surface area contributed by atoms with Gasteiger partial charge in [0.15, 0.2) is 13.2 Å². The van der Waals surface area contributed by atoms with Gasteiger partial charge in [-0.3, -0.25) is 10.1 Å². The number of hydrogen-bond acceptors (Lipinski definition) is 5. The Hall–Kier alpha value is -2.57. The first-order valence-electron chi connectivity index (χ1n) is 9.84. The minimum Gasteiger partial charge on any atom is -0.482 e. The molecule has 7 nitrogen and oxygen atoms in total. The van der Waals surface area contributed by atoms with Crippen LogP contribution in [0.1, 0.15) is 57.9 Å². The maximum Gasteiger partial charge on any atom is 0.344 e. The second-order valence-corrected chi connectivity index (χ2v) is 7.56. The Balaban J connectivity index is 1.64. The Bertz CT molecular complexity index is 672. The minimum absolute atomic E-state index is 0.0691. The number of esters is 1.